The van der Waals surface area contributed by atoms with Crippen LogP contribution in [0.15, 0.2) is 41.3 Å². The zero-order chi connectivity index (χ0) is 14.0. The van der Waals surface area contributed by atoms with Crippen molar-refractivity contribution in [3.63, 3.8) is 0 Å². The predicted molar refractivity (Wildman–Crippen MR) is 72.8 cm³/mol. The second-order valence-electron chi connectivity index (χ2n) is 3.93. The monoisotopic (exact) mass is 274 g/mol. The molecular formula is C13H10N2O3S. The molecule has 1 aromatic heterocycles. The van der Waals surface area contributed by atoms with Gasteiger partial charge >= 0.3 is 5.69 Å². The molecule has 0 saturated carbocycles. The number of aromatic nitrogens is 1. The third-order valence-electron chi connectivity index (χ3n) is 2.53. The number of nitro groups is 1. The van der Waals surface area contributed by atoms with E-state index in [0.29, 0.717) is 11.3 Å². The van der Waals surface area contributed by atoms with Gasteiger partial charge in [-0.05, 0) is 13.0 Å². The highest BCUT2D eigenvalue weighted by molar-refractivity contribution is 7.80. The summed E-state index contributed by atoms with van der Waals surface area (Å²) in [5, 5.41) is 11.1. The predicted octanol–water partition coefficient (Wildman–Crippen LogP) is 2.82. The van der Waals surface area contributed by atoms with Gasteiger partial charge in [-0.3, -0.25) is 14.9 Å². The van der Waals surface area contributed by atoms with Gasteiger partial charge in [-0.2, -0.15) is 0 Å². The van der Waals surface area contributed by atoms with Gasteiger partial charge in [0.05, 0.1) is 9.82 Å². The van der Waals surface area contributed by atoms with Crippen LogP contribution in [0, 0.1) is 17.0 Å². The minimum absolute atomic E-state index is 0.136. The summed E-state index contributed by atoms with van der Waals surface area (Å²) in [5.41, 5.74) is 0.329. The Morgan fingerprint density at radius 2 is 1.95 bits per heavy atom. The minimum atomic E-state index is -0.634. The van der Waals surface area contributed by atoms with Crippen LogP contribution in [-0.2, 0) is 0 Å². The highest BCUT2D eigenvalue weighted by Gasteiger charge is 2.26. The van der Waals surface area contributed by atoms with Gasteiger partial charge in [0.25, 0.3) is 0 Å². The number of hydrogen-bond acceptors (Lipinski definition) is 5. The van der Waals surface area contributed by atoms with Crippen molar-refractivity contribution in [2.45, 2.75) is 11.8 Å². The van der Waals surface area contributed by atoms with Crippen molar-refractivity contribution < 1.29 is 9.72 Å². The smallest absolute Gasteiger partial charge is 0.287 e. The number of carbonyl (C=O) groups excluding carboxylic acids is 1. The summed E-state index contributed by atoms with van der Waals surface area (Å²) in [5.74, 6) is -0.480. The molecule has 0 spiro atoms. The average molecular weight is 274 g/mol. The largest absolute Gasteiger partial charge is 0.312 e. The Morgan fingerprint density at radius 1 is 1.32 bits per heavy atom. The van der Waals surface area contributed by atoms with E-state index in [1.54, 1.807) is 37.3 Å². The lowest BCUT2D eigenvalue weighted by Crippen LogP contribution is -2.09. The zero-order valence-electron chi connectivity index (χ0n) is 10.0. The molecule has 2 aromatic rings. The first-order valence-corrected chi connectivity index (χ1v) is 5.90. The molecule has 5 nitrogen and oxygen atoms in total. The third-order valence-corrected chi connectivity index (χ3v) is 2.88. The van der Waals surface area contributed by atoms with E-state index in [1.165, 1.54) is 6.07 Å². The number of aryl methyl sites for hydroxylation is 1. The van der Waals surface area contributed by atoms with Crippen LogP contribution in [0.3, 0.4) is 0 Å². The second kappa shape index (κ2) is 5.19. The van der Waals surface area contributed by atoms with Gasteiger partial charge in [-0.1, -0.05) is 30.3 Å². The summed E-state index contributed by atoms with van der Waals surface area (Å²) in [6.45, 7) is 1.66. The maximum atomic E-state index is 12.3. The van der Waals surface area contributed by atoms with Crippen molar-refractivity contribution in [3.8, 4) is 0 Å². The number of nitrogens with zero attached hydrogens (tertiary/aromatic N) is 2. The van der Waals surface area contributed by atoms with Crippen molar-refractivity contribution in [2.24, 2.45) is 0 Å². The Kier molecular flexibility index (Phi) is 3.62. The van der Waals surface area contributed by atoms with E-state index in [4.69, 9.17) is 0 Å². The lowest BCUT2D eigenvalue weighted by Gasteiger charge is -2.05. The van der Waals surface area contributed by atoms with Crippen LogP contribution in [0.25, 0.3) is 0 Å². The zero-order valence-corrected chi connectivity index (χ0v) is 10.9. The SMILES string of the molecule is Cc1cc(S)c([N+](=O)[O-])c(C(=O)c2ccccc2)n1. The van der Waals surface area contributed by atoms with Gasteiger partial charge in [-0.15, -0.1) is 12.6 Å². The fourth-order valence-electron chi connectivity index (χ4n) is 1.71. The topological polar surface area (TPSA) is 73.1 Å². The highest BCUT2D eigenvalue weighted by atomic mass is 32.1. The first-order chi connectivity index (χ1) is 9.00. The number of pyridine rings is 1. The molecule has 0 aliphatic carbocycles. The molecule has 0 fully saturated rings. The second-order valence-corrected chi connectivity index (χ2v) is 4.41. The maximum Gasteiger partial charge on any atom is 0.312 e. The standard InChI is InChI=1S/C13H10N2O3S/c1-8-7-10(19)12(15(17)18)11(14-8)13(16)9-5-3-2-4-6-9/h2-7H,1H3,(H,14,19). The van der Waals surface area contributed by atoms with Crippen LogP contribution in [0.5, 0.6) is 0 Å². The summed E-state index contributed by atoms with van der Waals surface area (Å²) in [6.07, 6.45) is 0. The molecule has 2 rings (SSSR count). The van der Waals surface area contributed by atoms with E-state index in [1.807, 2.05) is 0 Å². The fraction of sp³-hybridized carbons (Fsp3) is 0.0769. The Labute approximate surface area is 114 Å². The lowest BCUT2D eigenvalue weighted by molar-refractivity contribution is -0.388. The molecule has 0 amide bonds. The van der Waals surface area contributed by atoms with Crippen LogP contribution in [0.1, 0.15) is 21.7 Å². The molecule has 1 aromatic carbocycles. The Balaban J connectivity index is 2.62. The normalized spacial score (nSPS) is 10.2. The molecule has 0 saturated heterocycles. The lowest BCUT2D eigenvalue weighted by atomic mass is 10.1. The minimum Gasteiger partial charge on any atom is -0.287 e. The molecule has 0 bridgehead atoms. The van der Waals surface area contributed by atoms with Gasteiger partial charge in [0.15, 0.2) is 5.69 Å². The Hall–Kier alpha value is -2.21. The molecule has 96 valence electrons. The Morgan fingerprint density at radius 3 is 2.53 bits per heavy atom. The highest BCUT2D eigenvalue weighted by Crippen LogP contribution is 2.28. The van der Waals surface area contributed by atoms with Crippen LogP contribution < -0.4 is 0 Å². The maximum absolute atomic E-state index is 12.3. The van der Waals surface area contributed by atoms with Crippen molar-refractivity contribution in [1.82, 2.24) is 4.98 Å². The molecule has 1 heterocycles. The number of hydrogen-bond donors (Lipinski definition) is 1. The molecule has 0 atom stereocenters. The Bertz CT molecular complexity index is 656. The summed E-state index contributed by atoms with van der Waals surface area (Å²) in [7, 11) is 0. The molecule has 0 radical (unpaired) electrons. The molecular weight excluding hydrogens is 264 g/mol. The number of ketones is 1. The van der Waals surface area contributed by atoms with Gasteiger partial charge in [-0.25, -0.2) is 4.98 Å². The van der Waals surface area contributed by atoms with Gasteiger partial charge < -0.3 is 0 Å². The van der Waals surface area contributed by atoms with Crippen molar-refractivity contribution in [2.75, 3.05) is 0 Å². The first kappa shape index (κ1) is 13.2. The van der Waals surface area contributed by atoms with Crippen LogP contribution >= 0.6 is 12.6 Å². The number of rotatable bonds is 3. The van der Waals surface area contributed by atoms with E-state index < -0.39 is 10.7 Å². The van der Waals surface area contributed by atoms with E-state index in [9.17, 15) is 14.9 Å². The van der Waals surface area contributed by atoms with Crippen LogP contribution in [0.4, 0.5) is 5.69 Å². The van der Waals surface area contributed by atoms with E-state index >= 15 is 0 Å². The molecule has 6 heteroatoms. The summed E-state index contributed by atoms with van der Waals surface area (Å²) in [4.78, 5) is 26.8. The van der Waals surface area contributed by atoms with Crippen molar-refractivity contribution in [1.29, 1.82) is 0 Å². The molecule has 0 unspecified atom stereocenters. The van der Waals surface area contributed by atoms with Gasteiger partial charge in [0, 0.05) is 11.3 Å². The van der Waals surface area contributed by atoms with Crippen LogP contribution in [-0.4, -0.2) is 15.7 Å². The number of thiol groups is 1. The molecule has 0 aliphatic heterocycles. The molecule has 19 heavy (non-hydrogen) atoms. The number of carbonyl (C=O) groups is 1. The van der Waals surface area contributed by atoms with E-state index in [-0.39, 0.29) is 16.3 Å². The fourth-order valence-corrected chi connectivity index (χ4v) is 2.09. The average Bonchev–Trinajstić information content (AvgIpc) is 2.37. The summed E-state index contributed by atoms with van der Waals surface area (Å²) < 4.78 is 0. The summed E-state index contributed by atoms with van der Waals surface area (Å²) >= 11 is 4.05. The van der Waals surface area contributed by atoms with E-state index in [2.05, 4.69) is 17.6 Å². The first-order valence-electron chi connectivity index (χ1n) is 5.45. The molecule has 0 aliphatic rings. The van der Waals surface area contributed by atoms with Crippen molar-refractivity contribution in [3.05, 3.63) is 63.5 Å². The number of benzene rings is 1. The van der Waals surface area contributed by atoms with Gasteiger partial charge in [0.2, 0.25) is 5.78 Å². The third kappa shape index (κ3) is 2.63. The molecule has 0 N–H and O–H groups in total. The van der Waals surface area contributed by atoms with E-state index in [0.717, 1.165) is 0 Å². The summed E-state index contributed by atoms with van der Waals surface area (Å²) in [6, 6.07) is 9.79. The van der Waals surface area contributed by atoms with Crippen molar-refractivity contribution >= 4 is 24.1 Å². The quantitative estimate of drug-likeness (QED) is 0.404. The van der Waals surface area contributed by atoms with Gasteiger partial charge in [0.1, 0.15) is 0 Å². The van der Waals surface area contributed by atoms with Crippen LogP contribution in [0.2, 0.25) is 0 Å².